The minimum atomic E-state index is -0.140. The van der Waals surface area contributed by atoms with Crippen molar-refractivity contribution in [3.8, 4) is 22.6 Å². The number of aromatic nitrogens is 2. The number of methoxy groups -OCH3 is 1. The number of aromatic amines is 1. The summed E-state index contributed by atoms with van der Waals surface area (Å²) in [7, 11) is 1.51. The van der Waals surface area contributed by atoms with E-state index in [0.29, 0.717) is 11.3 Å². The number of rotatable bonds is 3. The van der Waals surface area contributed by atoms with Crippen LogP contribution in [-0.4, -0.2) is 28.1 Å². The Morgan fingerprint density at radius 1 is 1.10 bits per heavy atom. The van der Waals surface area contributed by atoms with Gasteiger partial charge in [0.25, 0.3) is 5.91 Å². The van der Waals surface area contributed by atoms with E-state index in [1.807, 2.05) is 48.7 Å². The molecule has 142 valence electrons. The number of hydrogen-bond acceptors (Lipinski definition) is 4. The molecule has 0 radical (unpaired) electrons. The number of aromatic hydroxyl groups is 1. The fourth-order valence-electron chi connectivity index (χ4n) is 3.63. The van der Waals surface area contributed by atoms with Crippen molar-refractivity contribution in [2.75, 3.05) is 12.4 Å². The van der Waals surface area contributed by atoms with Crippen LogP contribution in [0.2, 0.25) is 0 Å². The number of carbonyl (C=O) groups excluding carboxylic acids is 1. The third-order valence-corrected chi connectivity index (χ3v) is 5.10. The second kappa shape index (κ2) is 6.53. The standard InChI is InChI=1S/C23H17N3O3/c1-29-21-11-14(5-7-20(21)27)13-4-6-17-18(23(28)26-19(17)10-13)9-15-12-25-22-16(15)3-2-8-24-22/h2-12,27H,1H3,(H,24,25)(H,26,28). The number of nitrogens with zero attached hydrogens (tertiary/aromatic N) is 1. The topological polar surface area (TPSA) is 87.2 Å². The van der Waals surface area contributed by atoms with Crippen LogP contribution in [0, 0.1) is 0 Å². The lowest BCUT2D eigenvalue weighted by molar-refractivity contribution is -0.110. The van der Waals surface area contributed by atoms with Crippen LogP contribution in [-0.2, 0) is 4.79 Å². The summed E-state index contributed by atoms with van der Waals surface area (Å²) in [6.45, 7) is 0. The quantitative estimate of drug-likeness (QED) is 0.457. The van der Waals surface area contributed by atoms with Crippen molar-refractivity contribution < 1.29 is 14.6 Å². The Morgan fingerprint density at radius 2 is 1.93 bits per heavy atom. The van der Waals surface area contributed by atoms with Crippen molar-refractivity contribution in [2.24, 2.45) is 0 Å². The van der Waals surface area contributed by atoms with Gasteiger partial charge in [-0.25, -0.2) is 4.98 Å². The lowest BCUT2D eigenvalue weighted by Crippen LogP contribution is -2.03. The molecule has 6 heteroatoms. The van der Waals surface area contributed by atoms with Crippen molar-refractivity contribution in [2.45, 2.75) is 0 Å². The smallest absolute Gasteiger partial charge is 0.256 e. The Labute approximate surface area is 166 Å². The fraction of sp³-hybridized carbons (Fsp3) is 0.0435. The van der Waals surface area contributed by atoms with E-state index in [1.54, 1.807) is 18.3 Å². The maximum Gasteiger partial charge on any atom is 0.256 e. The van der Waals surface area contributed by atoms with Crippen molar-refractivity contribution in [1.82, 2.24) is 9.97 Å². The lowest BCUT2D eigenvalue weighted by atomic mass is 9.99. The molecule has 0 fully saturated rings. The summed E-state index contributed by atoms with van der Waals surface area (Å²) in [5.41, 5.74) is 5.72. The number of amides is 1. The molecule has 1 amide bonds. The molecule has 0 unspecified atom stereocenters. The van der Waals surface area contributed by atoms with E-state index >= 15 is 0 Å². The highest BCUT2D eigenvalue weighted by molar-refractivity contribution is 6.35. The normalized spacial score (nSPS) is 14.2. The largest absolute Gasteiger partial charge is 0.504 e. The van der Waals surface area contributed by atoms with Gasteiger partial charge in [0.05, 0.1) is 7.11 Å². The molecular formula is C23H17N3O3. The fourth-order valence-corrected chi connectivity index (χ4v) is 3.63. The van der Waals surface area contributed by atoms with E-state index in [-0.39, 0.29) is 11.7 Å². The van der Waals surface area contributed by atoms with Gasteiger partial charge in [0.1, 0.15) is 5.65 Å². The molecule has 29 heavy (non-hydrogen) atoms. The molecule has 0 bridgehead atoms. The molecule has 0 spiro atoms. The van der Waals surface area contributed by atoms with Crippen LogP contribution in [0.25, 0.3) is 33.8 Å². The summed E-state index contributed by atoms with van der Waals surface area (Å²) in [4.78, 5) is 20.0. The monoisotopic (exact) mass is 383 g/mol. The number of benzene rings is 2. The van der Waals surface area contributed by atoms with Crippen molar-refractivity contribution >= 4 is 34.3 Å². The third kappa shape index (κ3) is 2.82. The molecule has 6 nitrogen and oxygen atoms in total. The summed E-state index contributed by atoms with van der Waals surface area (Å²) in [6.07, 6.45) is 5.46. The molecule has 4 aromatic rings. The zero-order valence-corrected chi connectivity index (χ0v) is 15.6. The first kappa shape index (κ1) is 17.1. The number of phenols is 1. The zero-order chi connectivity index (χ0) is 20.0. The Balaban J connectivity index is 1.56. The Bertz CT molecular complexity index is 1300. The predicted octanol–water partition coefficient (Wildman–Crippen LogP) is 4.44. The molecule has 0 atom stereocenters. The summed E-state index contributed by atoms with van der Waals surface area (Å²) in [5.74, 6) is 0.350. The maximum atomic E-state index is 12.6. The summed E-state index contributed by atoms with van der Waals surface area (Å²) < 4.78 is 5.19. The number of ether oxygens (including phenoxy) is 1. The van der Waals surface area contributed by atoms with Gasteiger partial charge in [-0.3, -0.25) is 4.79 Å². The highest BCUT2D eigenvalue weighted by atomic mass is 16.5. The highest BCUT2D eigenvalue weighted by Gasteiger charge is 2.25. The van der Waals surface area contributed by atoms with Crippen molar-refractivity contribution in [3.63, 3.8) is 0 Å². The number of hydrogen-bond donors (Lipinski definition) is 3. The molecule has 3 N–H and O–H groups in total. The van der Waals surface area contributed by atoms with Gasteiger partial charge >= 0.3 is 0 Å². The first-order valence-electron chi connectivity index (χ1n) is 9.11. The van der Waals surface area contributed by atoms with E-state index in [9.17, 15) is 9.90 Å². The molecule has 0 aliphatic carbocycles. The maximum absolute atomic E-state index is 12.6. The van der Waals surface area contributed by atoms with Crippen LogP contribution in [0.15, 0.2) is 60.9 Å². The first-order valence-corrected chi connectivity index (χ1v) is 9.11. The number of anilines is 1. The Kier molecular flexibility index (Phi) is 3.84. The van der Waals surface area contributed by atoms with Gasteiger partial charge in [0.15, 0.2) is 11.5 Å². The van der Waals surface area contributed by atoms with Crippen LogP contribution < -0.4 is 10.1 Å². The minimum Gasteiger partial charge on any atom is -0.504 e. The molecule has 0 saturated heterocycles. The van der Waals surface area contributed by atoms with E-state index in [4.69, 9.17) is 4.74 Å². The Morgan fingerprint density at radius 3 is 2.79 bits per heavy atom. The number of carbonyl (C=O) groups is 1. The number of pyridine rings is 1. The third-order valence-electron chi connectivity index (χ3n) is 5.10. The summed E-state index contributed by atoms with van der Waals surface area (Å²) in [6, 6.07) is 14.8. The number of H-pyrrole nitrogens is 1. The van der Waals surface area contributed by atoms with E-state index < -0.39 is 0 Å². The summed E-state index contributed by atoms with van der Waals surface area (Å²) in [5, 5.41) is 13.7. The van der Waals surface area contributed by atoms with Gasteiger partial charge in [-0.1, -0.05) is 18.2 Å². The predicted molar refractivity (Wildman–Crippen MR) is 113 cm³/mol. The average molecular weight is 383 g/mol. The van der Waals surface area contributed by atoms with Crippen LogP contribution in [0.4, 0.5) is 5.69 Å². The van der Waals surface area contributed by atoms with Crippen molar-refractivity contribution in [3.05, 3.63) is 72.1 Å². The van der Waals surface area contributed by atoms with E-state index in [1.165, 1.54) is 7.11 Å². The highest BCUT2D eigenvalue weighted by Crippen LogP contribution is 2.38. The second-order valence-electron chi connectivity index (χ2n) is 6.80. The van der Waals surface area contributed by atoms with Crippen molar-refractivity contribution in [1.29, 1.82) is 0 Å². The van der Waals surface area contributed by atoms with Gasteiger partial charge in [-0.15, -0.1) is 0 Å². The number of nitrogens with one attached hydrogen (secondary N) is 2. The van der Waals surface area contributed by atoms with Crippen LogP contribution in [0.3, 0.4) is 0 Å². The number of phenolic OH excluding ortho intramolecular Hbond substituents is 1. The van der Waals surface area contributed by atoms with Gasteiger partial charge in [0, 0.05) is 40.2 Å². The zero-order valence-electron chi connectivity index (χ0n) is 15.6. The van der Waals surface area contributed by atoms with Gasteiger partial charge < -0.3 is 20.1 Å². The first-order chi connectivity index (χ1) is 14.1. The Hall–Kier alpha value is -4.06. The summed E-state index contributed by atoms with van der Waals surface area (Å²) >= 11 is 0. The molecule has 1 aliphatic heterocycles. The van der Waals surface area contributed by atoms with E-state index in [2.05, 4.69) is 15.3 Å². The molecule has 5 rings (SSSR count). The second-order valence-corrected chi connectivity index (χ2v) is 6.80. The van der Waals surface area contributed by atoms with Gasteiger partial charge in [0.2, 0.25) is 0 Å². The number of fused-ring (bicyclic) bond motifs is 2. The SMILES string of the molecule is COc1cc(-c2ccc3c(c2)NC(=O)C3=Cc2c[nH]c3ncccc23)ccc1O. The van der Waals surface area contributed by atoms with Gasteiger partial charge in [-0.2, -0.15) is 0 Å². The van der Waals surface area contributed by atoms with Gasteiger partial charge in [-0.05, 0) is 47.5 Å². The molecule has 2 aromatic carbocycles. The minimum absolute atomic E-state index is 0.0872. The van der Waals surface area contributed by atoms with Crippen LogP contribution in [0.5, 0.6) is 11.5 Å². The molecule has 1 aliphatic rings. The molecule has 2 aromatic heterocycles. The lowest BCUT2D eigenvalue weighted by Gasteiger charge is -2.08. The molecular weight excluding hydrogens is 366 g/mol. The molecule has 0 saturated carbocycles. The van der Waals surface area contributed by atoms with Crippen LogP contribution in [0.1, 0.15) is 11.1 Å². The molecule has 3 heterocycles. The average Bonchev–Trinajstić information content (AvgIpc) is 3.29. The van der Waals surface area contributed by atoms with Crippen LogP contribution >= 0.6 is 0 Å². The van der Waals surface area contributed by atoms with E-state index in [0.717, 1.165) is 39.0 Å².